The topological polar surface area (TPSA) is 29.3 Å². The molecule has 0 aromatic heterocycles. The molecule has 4 atom stereocenters. The van der Waals surface area contributed by atoms with Crippen LogP contribution in [0.1, 0.15) is 52.4 Å². The van der Waals surface area contributed by atoms with Crippen LogP contribution in [-0.4, -0.2) is 30.6 Å². The van der Waals surface area contributed by atoms with Gasteiger partial charge in [-0.15, -0.1) is 12.4 Å². The first kappa shape index (κ1) is 16.3. The highest BCUT2D eigenvalue weighted by molar-refractivity contribution is 5.85. The Balaban J connectivity index is 0.00000162. The molecule has 0 aromatic carbocycles. The molecule has 1 saturated heterocycles. The van der Waals surface area contributed by atoms with Gasteiger partial charge >= 0.3 is 0 Å². The van der Waals surface area contributed by atoms with Crippen molar-refractivity contribution in [1.29, 1.82) is 0 Å². The minimum atomic E-state index is 0. The van der Waals surface area contributed by atoms with E-state index in [9.17, 15) is 0 Å². The molecule has 4 unspecified atom stereocenters. The van der Waals surface area contributed by atoms with Crippen LogP contribution in [0.4, 0.5) is 0 Å². The number of hydrogen-bond acceptors (Lipinski definition) is 2. The summed E-state index contributed by atoms with van der Waals surface area (Å²) in [5.74, 6) is 2.67. The average Bonchev–Trinajstić information content (AvgIpc) is 2.31. The molecular formula is C15H31ClN2. The van der Waals surface area contributed by atoms with Gasteiger partial charge in [0.05, 0.1) is 0 Å². The van der Waals surface area contributed by atoms with E-state index in [4.69, 9.17) is 5.73 Å². The summed E-state index contributed by atoms with van der Waals surface area (Å²) < 4.78 is 0. The van der Waals surface area contributed by atoms with E-state index in [1.807, 2.05) is 0 Å². The Morgan fingerprint density at radius 3 is 2.61 bits per heavy atom. The van der Waals surface area contributed by atoms with Gasteiger partial charge in [0.15, 0.2) is 0 Å². The highest BCUT2D eigenvalue weighted by Crippen LogP contribution is 2.31. The second kappa shape index (κ2) is 7.72. The first-order chi connectivity index (χ1) is 8.15. The molecule has 108 valence electrons. The summed E-state index contributed by atoms with van der Waals surface area (Å²) in [4.78, 5) is 2.65. The first-order valence-electron chi connectivity index (χ1n) is 7.63. The molecule has 3 heteroatoms. The van der Waals surface area contributed by atoms with Gasteiger partial charge in [0.1, 0.15) is 0 Å². The molecule has 1 heterocycles. The van der Waals surface area contributed by atoms with Gasteiger partial charge in [-0.25, -0.2) is 0 Å². The SMILES string of the molecule is CC1CCCC(CCN2CCC(N)C(C)C2)C1.Cl. The summed E-state index contributed by atoms with van der Waals surface area (Å²) in [6.45, 7) is 8.50. The van der Waals surface area contributed by atoms with Gasteiger partial charge in [-0.05, 0) is 50.1 Å². The van der Waals surface area contributed by atoms with Crippen molar-refractivity contribution in [3.8, 4) is 0 Å². The smallest absolute Gasteiger partial charge is 0.00889 e. The Morgan fingerprint density at radius 1 is 1.17 bits per heavy atom. The van der Waals surface area contributed by atoms with Crippen LogP contribution in [0, 0.1) is 17.8 Å². The Hall–Kier alpha value is 0.210. The lowest BCUT2D eigenvalue weighted by atomic mass is 9.80. The van der Waals surface area contributed by atoms with E-state index in [-0.39, 0.29) is 12.4 Å². The van der Waals surface area contributed by atoms with Crippen molar-refractivity contribution in [3.05, 3.63) is 0 Å². The Morgan fingerprint density at radius 2 is 1.94 bits per heavy atom. The van der Waals surface area contributed by atoms with E-state index in [1.165, 1.54) is 58.2 Å². The number of piperidine rings is 1. The number of halogens is 1. The van der Waals surface area contributed by atoms with Crippen LogP contribution in [0.2, 0.25) is 0 Å². The molecule has 2 nitrogen and oxygen atoms in total. The van der Waals surface area contributed by atoms with Crippen molar-refractivity contribution in [2.45, 2.75) is 58.4 Å². The molecule has 18 heavy (non-hydrogen) atoms. The number of nitrogens with zero attached hydrogens (tertiary/aromatic N) is 1. The third-order valence-corrected chi connectivity index (χ3v) is 4.95. The minimum absolute atomic E-state index is 0. The van der Waals surface area contributed by atoms with Gasteiger partial charge < -0.3 is 10.6 Å². The highest BCUT2D eigenvalue weighted by atomic mass is 35.5. The van der Waals surface area contributed by atoms with Crippen LogP contribution in [-0.2, 0) is 0 Å². The molecular weight excluding hydrogens is 244 g/mol. The second-order valence-corrected chi connectivity index (χ2v) is 6.66. The minimum Gasteiger partial charge on any atom is -0.327 e. The lowest BCUT2D eigenvalue weighted by Gasteiger charge is -2.36. The lowest BCUT2D eigenvalue weighted by molar-refractivity contribution is 0.145. The molecule has 2 fully saturated rings. The molecule has 1 aliphatic heterocycles. The number of likely N-dealkylation sites (tertiary alicyclic amines) is 1. The fourth-order valence-corrected chi connectivity index (χ4v) is 3.64. The van der Waals surface area contributed by atoms with Gasteiger partial charge in [-0.3, -0.25) is 0 Å². The predicted octanol–water partition coefficient (Wildman–Crippen LogP) is 3.29. The van der Waals surface area contributed by atoms with Crippen molar-refractivity contribution in [1.82, 2.24) is 4.90 Å². The summed E-state index contributed by atoms with van der Waals surface area (Å²) >= 11 is 0. The third kappa shape index (κ3) is 4.71. The van der Waals surface area contributed by atoms with Crippen LogP contribution in [0.25, 0.3) is 0 Å². The van der Waals surface area contributed by atoms with Gasteiger partial charge in [0.25, 0.3) is 0 Å². The molecule has 1 saturated carbocycles. The maximum absolute atomic E-state index is 6.07. The maximum Gasteiger partial charge on any atom is 0.00889 e. The molecule has 2 aliphatic rings. The van der Waals surface area contributed by atoms with Gasteiger partial charge in [0.2, 0.25) is 0 Å². The lowest BCUT2D eigenvalue weighted by Crippen LogP contribution is -2.46. The van der Waals surface area contributed by atoms with Crippen molar-refractivity contribution >= 4 is 12.4 Å². The van der Waals surface area contributed by atoms with E-state index in [0.717, 1.165) is 11.8 Å². The number of rotatable bonds is 3. The van der Waals surface area contributed by atoms with Gasteiger partial charge in [-0.1, -0.05) is 33.1 Å². The number of nitrogens with two attached hydrogens (primary N) is 1. The zero-order valence-corrected chi connectivity index (χ0v) is 12.9. The second-order valence-electron chi connectivity index (χ2n) is 6.66. The molecule has 2 rings (SSSR count). The molecule has 0 aromatic rings. The molecule has 0 spiro atoms. The zero-order chi connectivity index (χ0) is 12.3. The Bertz CT molecular complexity index is 235. The van der Waals surface area contributed by atoms with E-state index in [2.05, 4.69) is 18.7 Å². The summed E-state index contributed by atoms with van der Waals surface area (Å²) in [5, 5.41) is 0. The quantitative estimate of drug-likeness (QED) is 0.856. The standard InChI is InChI=1S/C15H30N2.ClH/c1-12-4-3-5-14(10-12)6-8-17-9-7-15(16)13(2)11-17;/h12-15H,3-11,16H2,1-2H3;1H. The summed E-state index contributed by atoms with van der Waals surface area (Å²) in [5.41, 5.74) is 6.07. The molecule has 1 aliphatic carbocycles. The predicted molar refractivity (Wildman–Crippen MR) is 81.2 cm³/mol. The molecule has 0 amide bonds. The van der Waals surface area contributed by atoms with Gasteiger partial charge in [-0.2, -0.15) is 0 Å². The van der Waals surface area contributed by atoms with Crippen molar-refractivity contribution in [2.75, 3.05) is 19.6 Å². The van der Waals surface area contributed by atoms with Crippen LogP contribution in [0.5, 0.6) is 0 Å². The fourth-order valence-electron chi connectivity index (χ4n) is 3.64. The first-order valence-corrected chi connectivity index (χ1v) is 7.63. The Labute approximate surface area is 119 Å². The zero-order valence-electron chi connectivity index (χ0n) is 12.1. The summed E-state index contributed by atoms with van der Waals surface area (Å²) in [7, 11) is 0. The van der Waals surface area contributed by atoms with E-state index >= 15 is 0 Å². The molecule has 0 radical (unpaired) electrons. The normalized spacial score (nSPS) is 38.2. The average molecular weight is 275 g/mol. The van der Waals surface area contributed by atoms with Crippen molar-refractivity contribution < 1.29 is 0 Å². The third-order valence-electron chi connectivity index (χ3n) is 4.95. The van der Waals surface area contributed by atoms with Crippen LogP contribution in [0.3, 0.4) is 0 Å². The molecule has 0 bridgehead atoms. The van der Waals surface area contributed by atoms with E-state index in [1.54, 1.807) is 0 Å². The number of hydrogen-bond donors (Lipinski definition) is 1. The van der Waals surface area contributed by atoms with Gasteiger partial charge in [0, 0.05) is 12.6 Å². The van der Waals surface area contributed by atoms with Crippen LogP contribution in [0.15, 0.2) is 0 Å². The maximum atomic E-state index is 6.07. The summed E-state index contributed by atoms with van der Waals surface area (Å²) in [6, 6.07) is 0.445. The largest absolute Gasteiger partial charge is 0.327 e. The van der Waals surface area contributed by atoms with Crippen LogP contribution >= 0.6 is 12.4 Å². The van der Waals surface area contributed by atoms with Crippen LogP contribution < -0.4 is 5.73 Å². The summed E-state index contributed by atoms with van der Waals surface area (Å²) in [6.07, 6.45) is 8.50. The van der Waals surface area contributed by atoms with E-state index < -0.39 is 0 Å². The van der Waals surface area contributed by atoms with Crippen molar-refractivity contribution in [3.63, 3.8) is 0 Å². The monoisotopic (exact) mass is 274 g/mol. The van der Waals surface area contributed by atoms with Crippen molar-refractivity contribution in [2.24, 2.45) is 23.5 Å². The van der Waals surface area contributed by atoms with E-state index in [0.29, 0.717) is 12.0 Å². The fraction of sp³-hybridized carbons (Fsp3) is 1.00. The Kier molecular flexibility index (Phi) is 6.97. The highest BCUT2D eigenvalue weighted by Gasteiger charge is 2.24. The molecule has 2 N–H and O–H groups in total.